The van der Waals surface area contributed by atoms with Crippen LogP contribution in [0.2, 0.25) is 0 Å². The maximum Gasteiger partial charge on any atom is 0.0124 e. The Morgan fingerprint density at radius 3 is 2.80 bits per heavy atom. The lowest BCUT2D eigenvalue weighted by atomic mass is 10.0. The minimum absolute atomic E-state index is 0.857. The molecule has 1 aliphatic heterocycles. The molecule has 2 aliphatic rings. The molecule has 2 unspecified atom stereocenters. The summed E-state index contributed by atoms with van der Waals surface area (Å²) in [6.45, 7) is 2.36. The highest BCUT2D eigenvalue weighted by atomic mass is 15.2. The largest absolute Gasteiger partial charge is 0.300 e. The van der Waals surface area contributed by atoms with E-state index in [0.717, 1.165) is 18.0 Å². The average Bonchev–Trinajstić information content (AvgIpc) is 2.41. The van der Waals surface area contributed by atoms with Crippen molar-refractivity contribution in [3.8, 4) is 0 Å². The highest BCUT2D eigenvalue weighted by Gasteiger charge is 2.39. The maximum absolute atomic E-state index is 2.58. The van der Waals surface area contributed by atoms with Crippen LogP contribution in [0.4, 0.5) is 0 Å². The summed E-state index contributed by atoms with van der Waals surface area (Å²) in [7, 11) is 2.29. The van der Waals surface area contributed by atoms with Crippen molar-refractivity contribution in [3.63, 3.8) is 0 Å². The van der Waals surface area contributed by atoms with Crippen molar-refractivity contribution in [1.82, 2.24) is 4.90 Å². The molecule has 0 spiro atoms. The van der Waals surface area contributed by atoms with Crippen LogP contribution in [0.15, 0.2) is 0 Å². The first-order chi connectivity index (χ1) is 4.79. The molecule has 0 N–H and O–H groups in total. The Hall–Kier alpha value is -0.0400. The van der Waals surface area contributed by atoms with E-state index in [4.69, 9.17) is 0 Å². The van der Waals surface area contributed by atoms with E-state index in [1.165, 1.54) is 25.7 Å². The zero-order valence-corrected chi connectivity index (χ0v) is 7.01. The van der Waals surface area contributed by atoms with E-state index < -0.39 is 0 Å². The van der Waals surface area contributed by atoms with Gasteiger partial charge in [-0.05, 0) is 39.2 Å². The fourth-order valence-corrected chi connectivity index (χ4v) is 2.76. The Kier molecular flexibility index (Phi) is 1.48. The molecule has 2 rings (SSSR count). The molecule has 0 amide bonds. The fourth-order valence-electron chi connectivity index (χ4n) is 2.76. The Morgan fingerprint density at radius 2 is 2.10 bits per heavy atom. The summed E-state index contributed by atoms with van der Waals surface area (Å²) >= 11 is 0. The lowest BCUT2D eigenvalue weighted by molar-refractivity contribution is 0.245. The third-order valence-corrected chi connectivity index (χ3v) is 3.48. The SMILES string of the molecule is C[C@H]1CC2CCCC2N1C. The minimum atomic E-state index is 0.857. The van der Waals surface area contributed by atoms with E-state index >= 15 is 0 Å². The van der Waals surface area contributed by atoms with Gasteiger partial charge in [0.15, 0.2) is 0 Å². The smallest absolute Gasteiger partial charge is 0.0124 e. The molecule has 0 radical (unpaired) electrons. The van der Waals surface area contributed by atoms with Crippen LogP contribution < -0.4 is 0 Å². The van der Waals surface area contributed by atoms with E-state index in [0.29, 0.717) is 0 Å². The predicted octanol–water partition coefficient (Wildman–Crippen LogP) is 1.88. The molecular weight excluding hydrogens is 122 g/mol. The Labute approximate surface area is 63.4 Å². The van der Waals surface area contributed by atoms with Gasteiger partial charge in [0.1, 0.15) is 0 Å². The van der Waals surface area contributed by atoms with Crippen LogP contribution in [-0.4, -0.2) is 24.0 Å². The third-order valence-electron chi connectivity index (χ3n) is 3.48. The topological polar surface area (TPSA) is 3.24 Å². The van der Waals surface area contributed by atoms with Gasteiger partial charge in [0.2, 0.25) is 0 Å². The summed E-state index contributed by atoms with van der Waals surface area (Å²) in [5.74, 6) is 1.06. The predicted molar refractivity (Wildman–Crippen MR) is 43.0 cm³/mol. The molecule has 0 bridgehead atoms. The lowest BCUT2D eigenvalue weighted by Gasteiger charge is -2.21. The van der Waals surface area contributed by atoms with Gasteiger partial charge in [0.05, 0.1) is 0 Å². The molecule has 1 heteroatoms. The molecule has 0 aromatic carbocycles. The molecule has 1 saturated carbocycles. The third kappa shape index (κ3) is 0.800. The quantitative estimate of drug-likeness (QED) is 0.495. The lowest BCUT2D eigenvalue weighted by Crippen LogP contribution is -2.30. The zero-order valence-electron chi connectivity index (χ0n) is 7.01. The Morgan fingerprint density at radius 1 is 1.30 bits per heavy atom. The molecule has 1 saturated heterocycles. The maximum atomic E-state index is 2.58. The van der Waals surface area contributed by atoms with Crippen LogP contribution in [0, 0.1) is 5.92 Å². The molecule has 1 aliphatic carbocycles. The first-order valence-electron chi connectivity index (χ1n) is 4.51. The molecule has 58 valence electrons. The molecule has 10 heavy (non-hydrogen) atoms. The minimum Gasteiger partial charge on any atom is -0.300 e. The van der Waals surface area contributed by atoms with Crippen molar-refractivity contribution < 1.29 is 0 Å². The summed E-state index contributed by atoms with van der Waals surface area (Å²) in [4.78, 5) is 2.58. The summed E-state index contributed by atoms with van der Waals surface area (Å²) in [6, 6.07) is 1.81. The number of hydrogen-bond donors (Lipinski definition) is 0. The fraction of sp³-hybridized carbons (Fsp3) is 1.00. The van der Waals surface area contributed by atoms with Crippen LogP contribution >= 0.6 is 0 Å². The molecule has 3 atom stereocenters. The van der Waals surface area contributed by atoms with Crippen LogP contribution in [-0.2, 0) is 0 Å². The number of rotatable bonds is 0. The van der Waals surface area contributed by atoms with Gasteiger partial charge in [-0.3, -0.25) is 0 Å². The van der Waals surface area contributed by atoms with Gasteiger partial charge >= 0.3 is 0 Å². The van der Waals surface area contributed by atoms with E-state index in [2.05, 4.69) is 18.9 Å². The van der Waals surface area contributed by atoms with Gasteiger partial charge in [-0.15, -0.1) is 0 Å². The van der Waals surface area contributed by atoms with Crippen molar-refractivity contribution >= 4 is 0 Å². The van der Waals surface area contributed by atoms with Gasteiger partial charge < -0.3 is 4.90 Å². The van der Waals surface area contributed by atoms with Crippen molar-refractivity contribution in [2.75, 3.05) is 7.05 Å². The van der Waals surface area contributed by atoms with Crippen LogP contribution in [0.1, 0.15) is 32.6 Å². The van der Waals surface area contributed by atoms with Crippen LogP contribution in [0.25, 0.3) is 0 Å². The Balaban J connectivity index is 2.09. The zero-order chi connectivity index (χ0) is 7.14. The molecule has 2 fully saturated rings. The number of hydrogen-bond acceptors (Lipinski definition) is 1. The summed E-state index contributed by atoms with van der Waals surface area (Å²) in [5.41, 5.74) is 0. The van der Waals surface area contributed by atoms with Crippen molar-refractivity contribution in [2.24, 2.45) is 5.92 Å². The standard InChI is InChI=1S/C9H17N/c1-7-6-8-4-3-5-9(8)10(7)2/h7-9H,3-6H2,1-2H3/t7-,8?,9?/m0/s1. The van der Waals surface area contributed by atoms with Gasteiger partial charge in [0.25, 0.3) is 0 Å². The normalized spacial score (nSPS) is 48.0. The highest BCUT2D eigenvalue weighted by molar-refractivity contribution is 4.93. The van der Waals surface area contributed by atoms with Gasteiger partial charge in [-0.2, -0.15) is 0 Å². The Bertz CT molecular complexity index is 131. The molecule has 1 heterocycles. The van der Waals surface area contributed by atoms with Gasteiger partial charge in [-0.25, -0.2) is 0 Å². The van der Waals surface area contributed by atoms with E-state index in [9.17, 15) is 0 Å². The molecule has 0 aromatic rings. The number of fused-ring (bicyclic) bond motifs is 1. The second kappa shape index (κ2) is 2.23. The van der Waals surface area contributed by atoms with Crippen molar-refractivity contribution in [1.29, 1.82) is 0 Å². The molecule has 0 aromatic heterocycles. The van der Waals surface area contributed by atoms with Gasteiger partial charge in [0, 0.05) is 12.1 Å². The van der Waals surface area contributed by atoms with Crippen LogP contribution in [0.5, 0.6) is 0 Å². The summed E-state index contributed by atoms with van der Waals surface area (Å²) < 4.78 is 0. The van der Waals surface area contributed by atoms with Gasteiger partial charge in [-0.1, -0.05) is 6.42 Å². The first-order valence-corrected chi connectivity index (χ1v) is 4.51. The van der Waals surface area contributed by atoms with Crippen molar-refractivity contribution in [2.45, 2.75) is 44.7 Å². The van der Waals surface area contributed by atoms with E-state index in [-0.39, 0.29) is 0 Å². The highest BCUT2D eigenvalue weighted by Crippen LogP contribution is 2.39. The second-order valence-electron chi connectivity index (χ2n) is 4.01. The summed E-state index contributed by atoms with van der Waals surface area (Å²) in [6.07, 6.45) is 5.90. The number of likely N-dealkylation sites (tertiary alicyclic amines) is 1. The summed E-state index contributed by atoms with van der Waals surface area (Å²) in [5, 5.41) is 0. The van der Waals surface area contributed by atoms with Crippen molar-refractivity contribution in [3.05, 3.63) is 0 Å². The second-order valence-corrected chi connectivity index (χ2v) is 4.01. The van der Waals surface area contributed by atoms with E-state index in [1.54, 1.807) is 0 Å². The molecule has 1 nitrogen and oxygen atoms in total. The van der Waals surface area contributed by atoms with E-state index in [1.807, 2.05) is 0 Å². The average molecular weight is 139 g/mol. The first kappa shape index (κ1) is 6.66. The molecular formula is C9H17N. The monoisotopic (exact) mass is 139 g/mol. The van der Waals surface area contributed by atoms with Crippen LogP contribution in [0.3, 0.4) is 0 Å². The number of nitrogens with zero attached hydrogens (tertiary/aromatic N) is 1.